The van der Waals surface area contributed by atoms with Crippen molar-refractivity contribution in [3.05, 3.63) is 42.0 Å². The summed E-state index contributed by atoms with van der Waals surface area (Å²) in [6, 6.07) is 11.8. The number of ether oxygens (including phenoxy) is 1. The summed E-state index contributed by atoms with van der Waals surface area (Å²) in [4.78, 5) is 12.6. The molecular weight excluding hydrogens is 236 g/mol. The molecule has 0 aliphatic rings. The van der Waals surface area contributed by atoms with Gasteiger partial charge in [0.1, 0.15) is 5.75 Å². The van der Waals surface area contributed by atoms with E-state index in [1.54, 1.807) is 7.11 Å². The molecule has 100 valence electrons. The van der Waals surface area contributed by atoms with Crippen LogP contribution in [0, 0.1) is 5.92 Å². The van der Waals surface area contributed by atoms with Gasteiger partial charge in [-0.15, -0.1) is 0 Å². The molecule has 19 heavy (non-hydrogen) atoms. The SMILES string of the molecule is CCCC(C)C(=O)c1c(OC)ccc2ccccc12. The van der Waals surface area contributed by atoms with Crippen LogP contribution in [0.4, 0.5) is 0 Å². The van der Waals surface area contributed by atoms with Crippen LogP contribution >= 0.6 is 0 Å². The Morgan fingerprint density at radius 1 is 1.21 bits per heavy atom. The Labute approximate surface area is 114 Å². The summed E-state index contributed by atoms with van der Waals surface area (Å²) in [6.45, 7) is 4.09. The summed E-state index contributed by atoms with van der Waals surface area (Å²) >= 11 is 0. The van der Waals surface area contributed by atoms with E-state index in [9.17, 15) is 4.79 Å². The maximum atomic E-state index is 12.6. The second kappa shape index (κ2) is 5.87. The highest BCUT2D eigenvalue weighted by molar-refractivity contribution is 6.11. The van der Waals surface area contributed by atoms with E-state index in [0.717, 1.165) is 29.2 Å². The molecule has 1 atom stereocenters. The number of methoxy groups -OCH3 is 1. The van der Waals surface area contributed by atoms with Crippen LogP contribution in [0.1, 0.15) is 37.0 Å². The van der Waals surface area contributed by atoms with Crippen LogP contribution in [-0.2, 0) is 0 Å². The lowest BCUT2D eigenvalue weighted by molar-refractivity contribution is 0.0922. The van der Waals surface area contributed by atoms with Gasteiger partial charge in [-0.1, -0.05) is 50.6 Å². The van der Waals surface area contributed by atoms with Crippen LogP contribution in [0.2, 0.25) is 0 Å². The molecule has 0 amide bonds. The molecule has 0 radical (unpaired) electrons. The summed E-state index contributed by atoms with van der Waals surface area (Å²) in [6.07, 6.45) is 1.92. The Balaban J connectivity index is 2.58. The van der Waals surface area contributed by atoms with Gasteiger partial charge in [0.2, 0.25) is 0 Å². The van der Waals surface area contributed by atoms with Gasteiger partial charge in [-0.05, 0) is 23.3 Å². The van der Waals surface area contributed by atoms with Gasteiger partial charge in [0.15, 0.2) is 5.78 Å². The van der Waals surface area contributed by atoms with E-state index in [2.05, 4.69) is 6.92 Å². The first-order valence-corrected chi connectivity index (χ1v) is 6.79. The smallest absolute Gasteiger partial charge is 0.170 e. The van der Waals surface area contributed by atoms with Crippen LogP contribution in [0.3, 0.4) is 0 Å². The Morgan fingerprint density at radius 3 is 2.63 bits per heavy atom. The fraction of sp³-hybridized carbons (Fsp3) is 0.353. The highest BCUT2D eigenvalue weighted by Crippen LogP contribution is 2.30. The molecule has 0 heterocycles. The molecular formula is C17H20O2. The molecule has 0 bridgehead atoms. The molecule has 2 rings (SSSR count). The Morgan fingerprint density at radius 2 is 1.95 bits per heavy atom. The van der Waals surface area contributed by atoms with Gasteiger partial charge in [0.05, 0.1) is 12.7 Å². The zero-order chi connectivity index (χ0) is 13.8. The van der Waals surface area contributed by atoms with E-state index < -0.39 is 0 Å². The lowest BCUT2D eigenvalue weighted by Gasteiger charge is -2.15. The lowest BCUT2D eigenvalue weighted by atomic mass is 9.91. The predicted molar refractivity (Wildman–Crippen MR) is 78.9 cm³/mol. The zero-order valence-electron chi connectivity index (χ0n) is 11.8. The van der Waals surface area contributed by atoms with Crippen molar-refractivity contribution in [2.24, 2.45) is 5.92 Å². The molecule has 2 nitrogen and oxygen atoms in total. The summed E-state index contributed by atoms with van der Waals surface area (Å²) in [5.74, 6) is 0.881. The molecule has 0 aliphatic carbocycles. The minimum absolute atomic E-state index is 0.0321. The van der Waals surface area contributed by atoms with Gasteiger partial charge in [-0.25, -0.2) is 0 Å². The first-order chi connectivity index (χ1) is 9.19. The summed E-state index contributed by atoms with van der Waals surface area (Å²) < 4.78 is 5.38. The summed E-state index contributed by atoms with van der Waals surface area (Å²) in [5, 5.41) is 2.06. The third-order valence-electron chi connectivity index (χ3n) is 3.53. The third-order valence-corrected chi connectivity index (χ3v) is 3.53. The standard InChI is InChI=1S/C17H20O2/c1-4-7-12(2)17(18)16-14-9-6-5-8-13(14)10-11-15(16)19-3/h5-6,8-12H,4,7H2,1-3H3. The first-order valence-electron chi connectivity index (χ1n) is 6.79. The van der Waals surface area contributed by atoms with Gasteiger partial charge in [-0.2, -0.15) is 0 Å². The minimum atomic E-state index is 0.0321. The van der Waals surface area contributed by atoms with Crippen molar-refractivity contribution in [3.63, 3.8) is 0 Å². The van der Waals surface area contributed by atoms with Crippen LogP contribution in [0.15, 0.2) is 36.4 Å². The first kappa shape index (κ1) is 13.6. The lowest BCUT2D eigenvalue weighted by Crippen LogP contribution is -2.13. The van der Waals surface area contributed by atoms with Gasteiger partial charge in [0.25, 0.3) is 0 Å². The molecule has 0 fully saturated rings. The minimum Gasteiger partial charge on any atom is -0.496 e. The van der Waals surface area contributed by atoms with E-state index in [-0.39, 0.29) is 11.7 Å². The van der Waals surface area contributed by atoms with E-state index in [1.165, 1.54) is 0 Å². The number of carbonyl (C=O) groups is 1. The molecule has 0 N–H and O–H groups in total. The molecule has 2 heteroatoms. The molecule has 0 aromatic heterocycles. The van der Waals surface area contributed by atoms with Crippen molar-refractivity contribution >= 4 is 16.6 Å². The molecule has 0 spiro atoms. The topological polar surface area (TPSA) is 26.3 Å². The number of rotatable bonds is 5. The van der Waals surface area contributed by atoms with Crippen LogP contribution in [0.25, 0.3) is 10.8 Å². The molecule has 2 aromatic carbocycles. The molecule has 0 saturated heterocycles. The number of carbonyl (C=O) groups excluding carboxylic acids is 1. The number of Topliss-reactive ketones (excluding diaryl/α,β-unsaturated/α-hetero) is 1. The van der Waals surface area contributed by atoms with E-state index in [0.29, 0.717) is 5.75 Å². The van der Waals surface area contributed by atoms with Crippen molar-refractivity contribution in [1.29, 1.82) is 0 Å². The van der Waals surface area contributed by atoms with Gasteiger partial charge in [-0.3, -0.25) is 4.79 Å². The monoisotopic (exact) mass is 256 g/mol. The summed E-state index contributed by atoms with van der Waals surface area (Å²) in [5.41, 5.74) is 0.724. The molecule has 1 unspecified atom stereocenters. The average Bonchev–Trinajstić information content (AvgIpc) is 2.45. The maximum Gasteiger partial charge on any atom is 0.170 e. The van der Waals surface area contributed by atoms with E-state index in [1.807, 2.05) is 43.3 Å². The van der Waals surface area contributed by atoms with Crippen molar-refractivity contribution in [2.45, 2.75) is 26.7 Å². The quantitative estimate of drug-likeness (QED) is 0.738. The van der Waals surface area contributed by atoms with Gasteiger partial charge >= 0.3 is 0 Å². The van der Waals surface area contributed by atoms with Gasteiger partial charge < -0.3 is 4.74 Å². The predicted octanol–water partition coefficient (Wildman–Crippen LogP) is 4.47. The largest absolute Gasteiger partial charge is 0.496 e. The Hall–Kier alpha value is -1.83. The van der Waals surface area contributed by atoms with Crippen LogP contribution in [0.5, 0.6) is 5.75 Å². The molecule has 0 saturated carbocycles. The Bertz CT molecular complexity index is 587. The van der Waals surface area contributed by atoms with Gasteiger partial charge in [0, 0.05) is 5.92 Å². The molecule has 2 aromatic rings. The second-order valence-corrected chi connectivity index (χ2v) is 4.92. The van der Waals surface area contributed by atoms with Crippen molar-refractivity contribution in [1.82, 2.24) is 0 Å². The normalized spacial score (nSPS) is 12.4. The van der Waals surface area contributed by atoms with Crippen LogP contribution < -0.4 is 4.74 Å². The number of hydrogen-bond acceptors (Lipinski definition) is 2. The van der Waals surface area contributed by atoms with E-state index in [4.69, 9.17) is 4.74 Å². The number of hydrogen-bond donors (Lipinski definition) is 0. The van der Waals surface area contributed by atoms with Crippen molar-refractivity contribution in [3.8, 4) is 5.75 Å². The number of fused-ring (bicyclic) bond motifs is 1. The van der Waals surface area contributed by atoms with Crippen LogP contribution in [-0.4, -0.2) is 12.9 Å². The Kier molecular flexibility index (Phi) is 4.20. The fourth-order valence-electron chi connectivity index (χ4n) is 2.49. The maximum absolute atomic E-state index is 12.6. The highest BCUT2D eigenvalue weighted by Gasteiger charge is 2.20. The second-order valence-electron chi connectivity index (χ2n) is 4.92. The fourth-order valence-corrected chi connectivity index (χ4v) is 2.49. The van der Waals surface area contributed by atoms with Crippen molar-refractivity contribution < 1.29 is 9.53 Å². The zero-order valence-corrected chi connectivity index (χ0v) is 11.8. The van der Waals surface area contributed by atoms with Crippen molar-refractivity contribution in [2.75, 3.05) is 7.11 Å². The third kappa shape index (κ3) is 2.62. The summed E-state index contributed by atoms with van der Waals surface area (Å²) in [7, 11) is 1.62. The number of benzene rings is 2. The molecule has 0 aliphatic heterocycles. The highest BCUT2D eigenvalue weighted by atomic mass is 16.5. The number of ketones is 1. The average molecular weight is 256 g/mol. The van der Waals surface area contributed by atoms with E-state index >= 15 is 0 Å².